The molecule has 1 saturated carbocycles. The number of rotatable bonds is 4. The first-order chi connectivity index (χ1) is 14.9. The summed E-state index contributed by atoms with van der Waals surface area (Å²) in [5, 5.41) is 0. The Kier molecular flexibility index (Phi) is 5.31. The van der Waals surface area contributed by atoms with E-state index < -0.39 is 10.2 Å². The Morgan fingerprint density at radius 2 is 1.88 bits per heavy atom. The standard InChI is InChI=1S/C23H31N3O5S/c1-22(2)11-15-12-23(3,13-22)14-26(15)21(27)19-10-18(24-32(28,29)25(19)4)17-9-16(30-5)7-8-20(17)31-6/h7-10,15H,11-14H2,1-6H3/t15-,23-/m0/s1. The highest BCUT2D eigenvalue weighted by Crippen LogP contribution is 2.52. The second-order valence-corrected chi connectivity index (χ2v) is 11.8. The SMILES string of the molecule is COc1ccc(OC)c(C2=NS(=O)(=O)N(C)C(C(=O)N3C[C@@]4(C)C[C@@H]3CC(C)(C)C4)=C2)c1. The van der Waals surface area contributed by atoms with Crippen LogP contribution in [0.15, 0.2) is 34.4 Å². The Bertz CT molecular complexity index is 1120. The maximum absolute atomic E-state index is 13.7. The number of carbonyl (C=O) groups is 1. The number of hydrogen-bond donors (Lipinski definition) is 0. The molecule has 2 heterocycles. The molecule has 0 N–H and O–H groups in total. The van der Waals surface area contributed by atoms with Gasteiger partial charge in [-0.25, -0.2) is 4.31 Å². The molecule has 2 aliphatic heterocycles. The number of amides is 1. The highest BCUT2D eigenvalue weighted by molar-refractivity contribution is 7.88. The van der Waals surface area contributed by atoms with Crippen molar-refractivity contribution >= 4 is 21.8 Å². The van der Waals surface area contributed by atoms with Gasteiger partial charge in [-0.1, -0.05) is 20.8 Å². The molecule has 1 saturated heterocycles. The zero-order valence-corrected chi connectivity index (χ0v) is 20.3. The summed E-state index contributed by atoms with van der Waals surface area (Å²) in [5.74, 6) is 0.694. The van der Waals surface area contributed by atoms with Crippen LogP contribution in [-0.4, -0.2) is 63.1 Å². The molecule has 174 valence electrons. The summed E-state index contributed by atoms with van der Waals surface area (Å²) in [7, 11) is 0.316. The number of ether oxygens (including phenoxy) is 2. The van der Waals surface area contributed by atoms with Crippen molar-refractivity contribution < 1.29 is 22.7 Å². The molecule has 1 aliphatic carbocycles. The van der Waals surface area contributed by atoms with Crippen LogP contribution in [0.5, 0.6) is 11.5 Å². The van der Waals surface area contributed by atoms with Gasteiger partial charge in [-0.15, -0.1) is 4.40 Å². The second-order valence-electron chi connectivity index (χ2n) is 10.2. The maximum atomic E-state index is 13.7. The summed E-state index contributed by atoms with van der Waals surface area (Å²) >= 11 is 0. The monoisotopic (exact) mass is 461 g/mol. The molecule has 0 aromatic heterocycles. The fourth-order valence-electron chi connectivity index (χ4n) is 5.74. The van der Waals surface area contributed by atoms with E-state index in [1.165, 1.54) is 27.3 Å². The van der Waals surface area contributed by atoms with E-state index in [1.54, 1.807) is 18.2 Å². The zero-order valence-electron chi connectivity index (χ0n) is 19.5. The third-order valence-electron chi connectivity index (χ3n) is 6.75. The molecule has 8 nitrogen and oxygen atoms in total. The first kappa shape index (κ1) is 22.6. The van der Waals surface area contributed by atoms with Crippen LogP contribution in [0.4, 0.5) is 0 Å². The Morgan fingerprint density at radius 3 is 2.53 bits per heavy atom. The van der Waals surface area contributed by atoms with Crippen molar-refractivity contribution in [3.05, 3.63) is 35.5 Å². The van der Waals surface area contributed by atoms with E-state index >= 15 is 0 Å². The number of allylic oxidation sites excluding steroid dienone is 1. The van der Waals surface area contributed by atoms with Crippen molar-refractivity contribution in [3.63, 3.8) is 0 Å². The van der Waals surface area contributed by atoms with Gasteiger partial charge in [-0.2, -0.15) is 8.42 Å². The highest BCUT2D eigenvalue weighted by atomic mass is 32.2. The molecular formula is C23H31N3O5S. The van der Waals surface area contributed by atoms with Gasteiger partial charge in [0.1, 0.15) is 17.2 Å². The van der Waals surface area contributed by atoms with Crippen molar-refractivity contribution in [2.75, 3.05) is 27.8 Å². The van der Waals surface area contributed by atoms with E-state index in [1.807, 2.05) is 4.90 Å². The zero-order chi connectivity index (χ0) is 23.5. The third kappa shape index (κ3) is 3.87. The minimum absolute atomic E-state index is 0.0433. The normalized spacial score (nSPS) is 28.1. The second kappa shape index (κ2) is 7.50. The van der Waals surface area contributed by atoms with Crippen molar-refractivity contribution in [3.8, 4) is 11.5 Å². The lowest BCUT2D eigenvalue weighted by atomic mass is 9.65. The summed E-state index contributed by atoms with van der Waals surface area (Å²) in [6, 6.07) is 5.16. The molecule has 32 heavy (non-hydrogen) atoms. The Balaban J connectivity index is 1.75. The fourth-order valence-corrected chi connectivity index (χ4v) is 6.64. The predicted octanol–water partition coefficient (Wildman–Crippen LogP) is 2.99. The van der Waals surface area contributed by atoms with E-state index in [0.717, 1.165) is 23.6 Å². The number of carbonyl (C=O) groups excluding carboxylic acids is 1. The topological polar surface area (TPSA) is 88.5 Å². The van der Waals surface area contributed by atoms with Crippen molar-refractivity contribution in [1.82, 2.24) is 9.21 Å². The largest absolute Gasteiger partial charge is 0.497 e. The summed E-state index contributed by atoms with van der Waals surface area (Å²) < 4.78 is 41.4. The van der Waals surface area contributed by atoms with Crippen molar-refractivity contribution in [2.45, 2.75) is 46.1 Å². The van der Waals surface area contributed by atoms with Crippen molar-refractivity contribution in [2.24, 2.45) is 15.2 Å². The molecule has 3 aliphatic rings. The van der Waals surface area contributed by atoms with Crippen LogP contribution in [0, 0.1) is 10.8 Å². The first-order valence-corrected chi connectivity index (χ1v) is 12.1. The molecule has 2 fully saturated rings. The van der Waals surface area contributed by atoms with Gasteiger partial charge in [0.05, 0.1) is 19.9 Å². The van der Waals surface area contributed by atoms with Crippen LogP contribution in [0.1, 0.15) is 45.6 Å². The van der Waals surface area contributed by atoms with Crippen molar-refractivity contribution in [1.29, 1.82) is 0 Å². The van der Waals surface area contributed by atoms with Gasteiger partial charge in [0.25, 0.3) is 5.91 Å². The summed E-state index contributed by atoms with van der Waals surface area (Å²) in [5.41, 5.74) is 0.875. The summed E-state index contributed by atoms with van der Waals surface area (Å²) in [4.78, 5) is 15.5. The van der Waals surface area contributed by atoms with Gasteiger partial charge < -0.3 is 14.4 Å². The Labute approximate surface area is 190 Å². The van der Waals surface area contributed by atoms with E-state index in [9.17, 15) is 13.2 Å². The molecular weight excluding hydrogens is 430 g/mol. The van der Waals surface area contributed by atoms with E-state index in [4.69, 9.17) is 9.47 Å². The molecule has 1 amide bonds. The lowest BCUT2D eigenvalue weighted by Gasteiger charge is -2.39. The molecule has 2 bridgehead atoms. The van der Waals surface area contributed by atoms with E-state index in [-0.39, 0.29) is 34.2 Å². The molecule has 1 aromatic carbocycles. The Morgan fingerprint density at radius 1 is 1.16 bits per heavy atom. The molecule has 4 rings (SSSR count). The third-order valence-corrected chi connectivity index (χ3v) is 8.07. The van der Waals surface area contributed by atoms with Gasteiger partial charge >= 0.3 is 10.2 Å². The molecule has 1 aromatic rings. The van der Waals surface area contributed by atoms with Crippen LogP contribution in [0.25, 0.3) is 0 Å². The smallest absolute Gasteiger partial charge is 0.345 e. The average Bonchev–Trinajstić information content (AvgIpc) is 2.97. The molecule has 2 atom stereocenters. The number of hydrogen-bond acceptors (Lipinski definition) is 5. The van der Waals surface area contributed by atoms with Crippen LogP contribution < -0.4 is 9.47 Å². The van der Waals surface area contributed by atoms with Gasteiger partial charge in [-0.05, 0) is 54.4 Å². The predicted molar refractivity (Wildman–Crippen MR) is 122 cm³/mol. The molecule has 0 radical (unpaired) electrons. The highest BCUT2D eigenvalue weighted by Gasteiger charge is 2.52. The molecule has 9 heteroatoms. The fraction of sp³-hybridized carbons (Fsp3) is 0.565. The minimum atomic E-state index is -4.08. The quantitative estimate of drug-likeness (QED) is 0.688. The maximum Gasteiger partial charge on any atom is 0.345 e. The number of fused-ring (bicyclic) bond motifs is 2. The summed E-state index contributed by atoms with van der Waals surface area (Å²) in [6.45, 7) is 7.32. The van der Waals surface area contributed by atoms with Crippen LogP contribution in [-0.2, 0) is 15.0 Å². The van der Waals surface area contributed by atoms with Gasteiger partial charge in [-0.3, -0.25) is 4.79 Å². The van der Waals surface area contributed by atoms with Gasteiger partial charge in [0.15, 0.2) is 0 Å². The van der Waals surface area contributed by atoms with E-state index in [2.05, 4.69) is 25.2 Å². The van der Waals surface area contributed by atoms with E-state index in [0.29, 0.717) is 23.6 Å². The lowest BCUT2D eigenvalue weighted by molar-refractivity contribution is -0.129. The lowest BCUT2D eigenvalue weighted by Crippen LogP contribution is -2.43. The minimum Gasteiger partial charge on any atom is -0.497 e. The van der Waals surface area contributed by atoms with Crippen LogP contribution in [0.2, 0.25) is 0 Å². The average molecular weight is 462 g/mol. The van der Waals surface area contributed by atoms with Gasteiger partial charge in [0.2, 0.25) is 0 Å². The van der Waals surface area contributed by atoms with Gasteiger partial charge in [0, 0.05) is 25.2 Å². The first-order valence-electron chi connectivity index (χ1n) is 10.7. The number of likely N-dealkylation sites (tertiary alicyclic amines) is 1. The Hall–Kier alpha value is -2.55. The van der Waals surface area contributed by atoms with Crippen LogP contribution >= 0.6 is 0 Å². The molecule has 0 spiro atoms. The molecule has 0 unspecified atom stereocenters. The number of methoxy groups -OCH3 is 2. The number of likely N-dealkylation sites (N-methyl/N-ethyl adjacent to an activating group) is 1. The van der Waals surface area contributed by atoms with Crippen LogP contribution in [0.3, 0.4) is 0 Å². The number of nitrogens with zero attached hydrogens (tertiary/aromatic N) is 3. The number of benzene rings is 1. The summed E-state index contributed by atoms with van der Waals surface area (Å²) in [6.07, 6.45) is 4.43.